The van der Waals surface area contributed by atoms with Crippen LogP contribution in [0.4, 0.5) is 0 Å². The third kappa shape index (κ3) is 1.94. The fourth-order valence-electron chi connectivity index (χ4n) is 1.79. The zero-order valence-electron chi connectivity index (χ0n) is 8.92. The molecule has 3 rings (SSSR count). The largest absolute Gasteiger partial charge is 0.268 e. The standard InChI is InChI=1S/C13H9N3S/c17-13-7-11(8-15-16-13)9-3-4-12-10(6-9)2-1-5-14-12/h1-8H,(H,16,17). The molecule has 0 aliphatic rings. The number of pyridine rings is 1. The van der Waals surface area contributed by atoms with Gasteiger partial charge in [0.15, 0.2) is 0 Å². The number of nitrogens with zero attached hydrogens (tertiary/aromatic N) is 2. The van der Waals surface area contributed by atoms with Crippen molar-refractivity contribution >= 4 is 23.1 Å². The Hall–Kier alpha value is -2.07. The van der Waals surface area contributed by atoms with E-state index in [-0.39, 0.29) is 0 Å². The van der Waals surface area contributed by atoms with Crippen molar-refractivity contribution in [1.82, 2.24) is 15.2 Å². The van der Waals surface area contributed by atoms with E-state index >= 15 is 0 Å². The molecule has 82 valence electrons. The summed E-state index contributed by atoms with van der Waals surface area (Å²) in [6, 6.07) is 12.0. The van der Waals surface area contributed by atoms with Crippen LogP contribution in [0.1, 0.15) is 0 Å². The van der Waals surface area contributed by atoms with Crippen LogP contribution >= 0.6 is 12.2 Å². The van der Waals surface area contributed by atoms with E-state index in [0.717, 1.165) is 22.0 Å². The van der Waals surface area contributed by atoms with Gasteiger partial charge in [0.2, 0.25) is 0 Å². The van der Waals surface area contributed by atoms with Gasteiger partial charge in [0.05, 0.1) is 11.7 Å². The number of hydrogen-bond donors (Lipinski definition) is 1. The summed E-state index contributed by atoms with van der Waals surface area (Å²) >= 11 is 5.07. The van der Waals surface area contributed by atoms with E-state index in [1.807, 2.05) is 30.3 Å². The molecule has 0 amide bonds. The van der Waals surface area contributed by atoms with Crippen LogP contribution in [0.15, 0.2) is 48.8 Å². The van der Waals surface area contributed by atoms with Gasteiger partial charge in [-0.1, -0.05) is 24.4 Å². The molecule has 0 aliphatic carbocycles. The monoisotopic (exact) mass is 239 g/mol. The highest BCUT2D eigenvalue weighted by atomic mass is 32.1. The number of rotatable bonds is 1. The number of benzene rings is 1. The van der Waals surface area contributed by atoms with Crippen LogP contribution in [-0.4, -0.2) is 15.2 Å². The van der Waals surface area contributed by atoms with E-state index in [9.17, 15) is 0 Å². The molecule has 17 heavy (non-hydrogen) atoms. The number of aromatic amines is 1. The lowest BCUT2D eigenvalue weighted by molar-refractivity contribution is 1.02. The molecular formula is C13H9N3S. The SMILES string of the molecule is S=c1cc(-c2ccc3ncccc3c2)cn[nH]1. The molecule has 1 N–H and O–H groups in total. The molecule has 3 aromatic rings. The van der Waals surface area contributed by atoms with E-state index in [1.54, 1.807) is 12.4 Å². The summed E-state index contributed by atoms with van der Waals surface area (Å²) in [4.78, 5) is 4.29. The third-order valence-corrected chi connectivity index (χ3v) is 2.81. The molecule has 0 spiro atoms. The quantitative estimate of drug-likeness (QED) is 0.662. The van der Waals surface area contributed by atoms with E-state index in [4.69, 9.17) is 12.2 Å². The molecular weight excluding hydrogens is 230 g/mol. The van der Waals surface area contributed by atoms with E-state index in [2.05, 4.69) is 21.2 Å². The predicted octanol–water partition coefficient (Wildman–Crippen LogP) is 3.35. The van der Waals surface area contributed by atoms with Crippen molar-refractivity contribution in [3.63, 3.8) is 0 Å². The normalized spacial score (nSPS) is 10.6. The van der Waals surface area contributed by atoms with Crippen molar-refractivity contribution < 1.29 is 0 Å². The van der Waals surface area contributed by atoms with Gasteiger partial charge in [-0.25, -0.2) is 0 Å². The zero-order valence-corrected chi connectivity index (χ0v) is 9.74. The molecule has 0 saturated carbocycles. The number of H-pyrrole nitrogens is 1. The minimum absolute atomic E-state index is 0.633. The topological polar surface area (TPSA) is 41.6 Å². The Morgan fingerprint density at radius 1 is 1.06 bits per heavy atom. The van der Waals surface area contributed by atoms with E-state index in [1.165, 1.54) is 0 Å². The summed E-state index contributed by atoms with van der Waals surface area (Å²) < 4.78 is 0.633. The summed E-state index contributed by atoms with van der Waals surface area (Å²) in [6.45, 7) is 0. The Morgan fingerprint density at radius 3 is 2.88 bits per heavy atom. The van der Waals surface area contributed by atoms with Gasteiger partial charge in [-0.15, -0.1) is 0 Å². The summed E-state index contributed by atoms with van der Waals surface area (Å²) in [5.74, 6) is 0. The van der Waals surface area contributed by atoms with Gasteiger partial charge in [-0.3, -0.25) is 10.1 Å². The lowest BCUT2D eigenvalue weighted by Crippen LogP contribution is -1.85. The Kier molecular flexibility index (Phi) is 2.42. The Bertz CT molecular complexity index is 734. The van der Waals surface area contributed by atoms with Crippen molar-refractivity contribution in [2.24, 2.45) is 0 Å². The van der Waals surface area contributed by atoms with Crippen molar-refractivity contribution in [3.8, 4) is 11.1 Å². The summed E-state index contributed by atoms with van der Waals surface area (Å²) in [6.07, 6.45) is 3.57. The smallest absolute Gasteiger partial charge is 0.120 e. The molecule has 2 aromatic heterocycles. The predicted molar refractivity (Wildman–Crippen MR) is 70.2 cm³/mol. The first kappa shape index (κ1) is 10.1. The minimum atomic E-state index is 0.633. The third-order valence-electron chi connectivity index (χ3n) is 2.60. The first-order chi connectivity index (χ1) is 8.33. The number of nitrogens with one attached hydrogen (secondary N) is 1. The van der Waals surface area contributed by atoms with Gasteiger partial charge in [-0.2, -0.15) is 5.10 Å². The molecule has 1 aromatic carbocycles. The maximum absolute atomic E-state index is 5.07. The summed E-state index contributed by atoms with van der Waals surface area (Å²) in [5.41, 5.74) is 3.10. The van der Waals surface area contributed by atoms with Gasteiger partial charge < -0.3 is 0 Å². The second-order valence-electron chi connectivity index (χ2n) is 3.74. The Morgan fingerprint density at radius 2 is 2.00 bits per heavy atom. The highest BCUT2D eigenvalue weighted by Crippen LogP contribution is 2.22. The highest BCUT2D eigenvalue weighted by Gasteiger charge is 2.00. The fraction of sp³-hybridized carbons (Fsp3) is 0. The van der Waals surface area contributed by atoms with Crippen LogP contribution in [0.25, 0.3) is 22.0 Å². The molecule has 2 heterocycles. The molecule has 3 nitrogen and oxygen atoms in total. The van der Waals surface area contributed by atoms with Crippen LogP contribution in [0.2, 0.25) is 0 Å². The molecule has 0 fully saturated rings. The lowest BCUT2D eigenvalue weighted by atomic mass is 10.1. The minimum Gasteiger partial charge on any atom is -0.268 e. The van der Waals surface area contributed by atoms with Crippen LogP contribution < -0.4 is 0 Å². The molecule has 0 atom stereocenters. The second-order valence-corrected chi connectivity index (χ2v) is 4.18. The fourth-order valence-corrected chi connectivity index (χ4v) is 1.97. The second kappa shape index (κ2) is 4.07. The highest BCUT2D eigenvalue weighted by molar-refractivity contribution is 7.71. The van der Waals surface area contributed by atoms with Gasteiger partial charge in [-0.05, 0) is 29.8 Å². The van der Waals surface area contributed by atoms with Crippen molar-refractivity contribution in [3.05, 3.63) is 53.4 Å². The lowest BCUT2D eigenvalue weighted by Gasteiger charge is -2.02. The Labute approximate surface area is 103 Å². The molecule has 0 radical (unpaired) electrons. The summed E-state index contributed by atoms with van der Waals surface area (Å²) in [7, 11) is 0. The van der Waals surface area contributed by atoms with Crippen LogP contribution in [0.3, 0.4) is 0 Å². The first-order valence-corrected chi connectivity index (χ1v) is 5.64. The molecule has 0 saturated heterocycles. The van der Waals surface area contributed by atoms with Gasteiger partial charge >= 0.3 is 0 Å². The average molecular weight is 239 g/mol. The maximum Gasteiger partial charge on any atom is 0.120 e. The average Bonchev–Trinajstić information content (AvgIpc) is 2.38. The van der Waals surface area contributed by atoms with E-state index in [0.29, 0.717) is 4.64 Å². The van der Waals surface area contributed by atoms with Gasteiger partial charge in [0.1, 0.15) is 4.64 Å². The van der Waals surface area contributed by atoms with Crippen LogP contribution in [0, 0.1) is 4.64 Å². The Balaban J connectivity index is 2.21. The van der Waals surface area contributed by atoms with E-state index < -0.39 is 0 Å². The number of aromatic nitrogens is 3. The van der Waals surface area contributed by atoms with Crippen molar-refractivity contribution in [1.29, 1.82) is 0 Å². The van der Waals surface area contributed by atoms with Gasteiger partial charge in [0.25, 0.3) is 0 Å². The molecule has 0 unspecified atom stereocenters. The van der Waals surface area contributed by atoms with Gasteiger partial charge in [0, 0.05) is 17.1 Å². The van der Waals surface area contributed by atoms with Crippen LogP contribution in [0.5, 0.6) is 0 Å². The first-order valence-electron chi connectivity index (χ1n) is 5.23. The number of hydrogen-bond acceptors (Lipinski definition) is 3. The van der Waals surface area contributed by atoms with Crippen molar-refractivity contribution in [2.75, 3.05) is 0 Å². The van der Waals surface area contributed by atoms with Crippen LogP contribution in [-0.2, 0) is 0 Å². The maximum atomic E-state index is 5.07. The number of fused-ring (bicyclic) bond motifs is 1. The summed E-state index contributed by atoms with van der Waals surface area (Å²) in [5, 5.41) is 7.84. The molecule has 0 aliphatic heterocycles. The zero-order chi connectivity index (χ0) is 11.7. The molecule has 4 heteroatoms. The van der Waals surface area contributed by atoms with Crippen molar-refractivity contribution in [2.45, 2.75) is 0 Å². The molecule has 0 bridgehead atoms.